The van der Waals surface area contributed by atoms with Crippen LogP contribution in [0.1, 0.15) is 6.92 Å². The molecule has 0 aromatic heterocycles. The molecule has 2 N–H and O–H groups in total. The maximum Gasteiger partial charge on any atom is 0.175 e. The average molecular weight is 106 g/mol. The third kappa shape index (κ3) is 5.88. The molecule has 0 radical (unpaired) electrons. The molecule has 0 atom stereocenters. The summed E-state index contributed by atoms with van der Waals surface area (Å²) in [7, 11) is 0. The van der Waals surface area contributed by atoms with Gasteiger partial charge >= 0.3 is 0 Å². The van der Waals surface area contributed by atoms with E-state index in [1.54, 1.807) is 6.92 Å². The summed E-state index contributed by atoms with van der Waals surface area (Å²) in [5.41, 5.74) is 0. The predicted octanol–water partition coefficient (Wildman–Crippen LogP) is -0.666. The van der Waals surface area contributed by atoms with E-state index < -0.39 is 6.29 Å². The summed E-state index contributed by atoms with van der Waals surface area (Å²) in [6, 6.07) is 0. The first-order valence-corrected chi connectivity index (χ1v) is 2.21. The van der Waals surface area contributed by atoms with Gasteiger partial charge in [-0.05, 0) is 6.92 Å². The Balaban J connectivity index is 2.68. The number of aliphatic hydroxyl groups is 2. The van der Waals surface area contributed by atoms with Gasteiger partial charge in [-0.1, -0.05) is 0 Å². The van der Waals surface area contributed by atoms with Gasteiger partial charge in [-0.3, -0.25) is 0 Å². The van der Waals surface area contributed by atoms with Crippen molar-refractivity contribution in [3.05, 3.63) is 0 Å². The van der Waals surface area contributed by atoms with E-state index in [1.165, 1.54) is 0 Å². The number of hydrogen-bond acceptors (Lipinski definition) is 3. The summed E-state index contributed by atoms with van der Waals surface area (Å²) in [5, 5.41) is 16.2. The van der Waals surface area contributed by atoms with Crippen molar-refractivity contribution in [1.82, 2.24) is 0 Å². The lowest BCUT2D eigenvalue weighted by atomic mass is 10.7. The first-order chi connectivity index (χ1) is 3.27. The van der Waals surface area contributed by atoms with Crippen molar-refractivity contribution in [2.75, 3.05) is 13.2 Å². The van der Waals surface area contributed by atoms with Crippen LogP contribution in [-0.2, 0) is 4.74 Å². The van der Waals surface area contributed by atoms with Crippen LogP contribution < -0.4 is 0 Å². The van der Waals surface area contributed by atoms with Crippen LogP contribution in [0.3, 0.4) is 0 Å². The summed E-state index contributed by atoms with van der Waals surface area (Å²) < 4.78 is 4.59. The Labute approximate surface area is 42.5 Å². The number of ether oxygens (including phenoxy) is 1. The van der Waals surface area contributed by atoms with Crippen molar-refractivity contribution in [3.63, 3.8) is 0 Å². The maximum absolute atomic E-state index is 8.11. The van der Waals surface area contributed by atoms with Gasteiger partial charge in [-0.25, -0.2) is 0 Å². The van der Waals surface area contributed by atoms with Gasteiger partial charge < -0.3 is 14.9 Å². The molecule has 3 nitrogen and oxygen atoms in total. The van der Waals surface area contributed by atoms with Crippen molar-refractivity contribution in [1.29, 1.82) is 0 Å². The molecule has 3 heteroatoms. The lowest BCUT2D eigenvalue weighted by Gasteiger charge is -2.00. The molecule has 44 valence electrons. The van der Waals surface area contributed by atoms with Gasteiger partial charge in [0.25, 0.3) is 0 Å². The molecule has 0 saturated carbocycles. The van der Waals surface area contributed by atoms with E-state index in [1.807, 2.05) is 0 Å². The largest absolute Gasteiger partial charge is 0.376 e. The molecule has 0 aromatic rings. The van der Waals surface area contributed by atoms with Gasteiger partial charge in [-0.15, -0.1) is 0 Å². The zero-order valence-corrected chi connectivity index (χ0v) is 4.29. The molecule has 0 aliphatic carbocycles. The second kappa shape index (κ2) is 4.05. The highest BCUT2D eigenvalue weighted by Crippen LogP contribution is 1.76. The molecule has 0 saturated heterocycles. The predicted molar refractivity (Wildman–Crippen MR) is 24.7 cm³/mol. The smallest absolute Gasteiger partial charge is 0.175 e. The van der Waals surface area contributed by atoms with Crippen molar-refractivity contribution in [3.8, 4) is 0 Å². The normalized spacial score (nSPS) is 10.3. The SMILES string of the molecule is CCOCC(O)O. The third-order valence-corrected chi connectivity index (χ3v) is 0.471. The molecule has 0 aliphatic rings. The fourth-order valence-corrected chi connectivity index (χ4v) is 0.223. The lowest BCUT2D eigenvalue weighted by Crippen LogP contribution is -2.13. The topological polar surface area (TPSA) is 49.7 Å². The Hall–Kier alpha value is -0.120. The van der Waals surface area contributed by atoms with Gasteiger partial charge in [0.15, 0.2) is 6.29 Å². The zero-order chi connectivity index (χ0) is 5.70. The highest BCUT2D eigenvalue weighted by atomic mass is 16.5. The van der Waals surface area contributed by atoms with Crippen molar-refractivity contribution >= 4 is 0 Å². The zero-order valence-electron chi connectivity index (χ0n) is 4.29. The van der Waals surface area contributed by atoms with Gasteiger partial charge in [-0.2, -0.15) is 0 Å². The molecule has 0 rings (SSSR count). The Morgan fingerprint density at radius 1 is 1.57 bits per heavy atom. The van der Waals surface area contributed by atoms with Gasteiger partial charge in [0.05, 0.1) is 6.61 Å². The van der Waals surface area contributed by atoms with Crippen LogP contribution in [0.15, 0.2) is 0 Å². The fourth-order valence-electron chi connectivity index (χ4n) is 0.223. The number of rotatable bonds is 3. The molecule has 7 heavy (non-hydrogen) atoms. The van der Waals surface area contributed by atoms with E-state index in [0.29, 0.717) is 6.61 Å². The molecule has 0 aromatic carbocycles. The summed E-state index contributed by atoms with van der Waals surface area (Å²) >= 11 is 0. The first-order valence-electron chi connectivity index (χ1n) is 2.21. The van der Waals surface area contributed by atoms with Crippen LogP contribution in [-0.4, -0.2) is 29.7 Å². The van der Waals surface area contributed by atoms with E-state index in [0.717, 1.165) is 0 Å². The van der Waals surface area contributed by atoms with Crippen LogP contribution in [0.4, 0.5) is 0 Å². The van der Waals surface area contributed by atoms with Crippen LogP contribution in [0.5, 0.6) is 0 Å². The van der Waals surface area contributed by atoms with Gasteiger partial charge in [0, 0.05) is 6.61 Å². The molecular formula is C4H10O3. The van der Waals surface area contributed by atoms with E-state index in [4.69, 9.17) is 10.2 Å². The summed E-state index contributed by atoms with van der Waals surface area (Å²) in [6.07, 6.45) is -1.32. The lowest BCUT2D eigenvalue weighted by molar-refractivity contribution is -0.0927. The molecule has 0 bridgehead atoms. The molecule has 0 aliphatic heterocycles. The molecule has 0 spiro atoms. The minimum absolute atomic E-state index is 0.0104. The van der Waals surface area contributed by atoms with E-state index in [-0.39, 0.29) is 6.61 Å². The second-order valence-corrected chi connectivity index (χ2v) is 1.14. The van der Waals surface area contributed by atoms with Gasteiger partial charge in [0.1, 0.15) is 0 Å². The highest BCUT2D eigenvalue weighted by molar-refractivity contribution is 4.27. The minimum atomic E-state index is -1.32. The van der Waals surface area contributed by atoms with Crippen LogP contribution in [0.25, 0.3) is 0 Å². The van der Waals surface area contributed by atoms with Crippen LogP contribution >= 0.6 is 0 Å². The van der Waals surface area contributed by atoms with E-state index in [9.17, 15) is 0 Å². The molecule has 0 amide bonds. The number of aliphatic hydroxyl groups excluding tert-OH is 1. The molecular weight excluding hydrogens is 96.0 g/mol. The van der Waals surface area contributed by atoms with Crippen molar-refractivity contribution in [2.24, 2.45) is 0 Å². The first kappa shape index (κ1) is 6.88. The molecule has 0 unspecified atom stereocenters. The third-order valence-electron chi connectivity index (χ3n) is 0.471. The molecule has 0 fully saturated rings. The Morgan fingerprint density at radius 2 is 2.14 bits per heavy atom. The Kier molecular flexibility index (Phi) is 3.98. The quantitative estimate of drug-likeness (QED) is 0.469. The standard InChI is InChI=1S/C4H10O3/c1-2-7-3-4(5)6/h4-6H,2-3H2,1H3. The van der Waals surface area contributed by atoms with E-state index in [2.05, 4.69) is 4.74 Å². The highest BCUT2D eigenvalue weighted by Gasteiger charge is 1.91. The van der Waals surface area contributed by atoms with Crippen molar-refractivity contribution in [2.45, 2.75) is 13.2 Å². The second-order valence-electron chi connectivity index (χ2n) is 1.14. The summed E-state index contributed by atoms with van der Waals surface area (Å²) in [6.45, 7) is 2.33. The monoisotopic (exact) mass is 106 g/mol. The summed E-state index contributed by atoms with van der Waals surface area (Å²) in [5.74, 6) is 0. The average Bonchev–Trinajstić information content (AvgIpc) is 1.61. The summed E-state index contributed by atoms with van der Waals surface area (Å²) in [4.78, 5) is 0. The molecule has 0 heterocycles. The maximum atomic E-state index is 8.11. The number of hydrogen-bond donors (Lipinski definition) is 2. The van der Waals surface area contributed by atoms with Crippen LogP contribution in [0, 0.1) is 0 Å². The van der Waals surface area contributed by atoms with Crippen LogP contribution in [0.2, 0.25) is 0 Å². The fraction of sp³-hybridized carbons (Fsp3) is 1.00. The Bertz CT molecular complexity index is 35.9. The van der Waals surface area contributed by atoms with E-state index >= 15 is 0 Å². The van der Waals surface area contributed by atoms with Crippen molar-refractivity contribution < 1.29 is 14.9 Å². The minimum Gasteiger partial charge on any atom is -0.376 e. The van der Waals surface area contributed by atoms with Gasteiger partial charge in [0.2, 0.25) is 0 Å². The Morgan fingerprint density at radius 3 is 2.29 bits per heavy atom.